The van der Waals surface area contributed by atoms with Crippen molar-refractivity contribution < 1.29 is 0 Å². The molecule has 0 amide bonds. The maximum Gasteiger partial charge on any atom is 0.108 e. The standard InChI is InChI=1S/C11H17N3/c1-4-9-10(5-2)14-11(13-9)7-8-12-6-3/h4-5,12H,1-2,6-8H2,3H3,(H,13,14). The molecule has 0 spiro atoms. The van der Waals surface area contributed by atoms with Gasteiger partial charge < -0.3 is 10.3 Å². The Labute approximate surface area is 85.0 Å². The molecule has 14 heavy (non-hydrogen) atoms. The van der Waals surface area contributed by atoms with E-state index in [1.165, 1.54) is 0 Å². The number of aromatic amines is 1. The number of nitrogens with zero attached hydrogens (tertiary/aromatic N) is 1. The van der Waals surface area contributed by atoms with Crippen molar-refractivity contribution in [2.24, 2.45) is 0 Å². The van der Waals surface area contributed by atoms with Gasteiger partial charge in [-0.25, -0.2) is 4.98 Å². The van der Waals surface area contributed by atoms with Crippen LogP contribution < -0.4 is 5.32 Å². The summed E-state index contributed by atoms with van der Waals surface area (Å²) in [5.74, 6) is 0.982. The predicted octanol–water partition coefficient (Wildman–Crippen LogP) is 1.85. The van der Waals surface area contributed by atoms with Crippen LogP contribution in [0.3, 0.4) is 0 Å². The lowest BCUT2D eigenvalue weighted by Gasteiger charge is -1.97. The summed E-state index contributed by atoms with van der Waals surface area (Å²) in [6, 6.07) is 0. The summed E-state index contributed by atoms with van der Waals surface area (Å²) in [4.78, 5) is 7.59. The number of H-pyrrole nitrogens is 1. The number of hydrogen-bond donors (Lipinski definition) is 2. The molecule has 0 bridgehead atoms. The van der Waals surface area contributed by atoms with Gasteiger partial charge in [-0.15, -0.1) is 0 Å². The van der Waals surface area contributed by atoms with Crippen LogP contribution in [0.5, 0.6) is 0 Å². The first-order chi connectivity index (χ1) is 6.81. The topological polar surface area (TPSA) is 40.7 Å². The summed E-state index contributed by atoms with van der Waals surface area (Å²) in [6.45, 7) is 11.4. The smallest absolute Gasteiger partial charge is 0.108 e. The number of imidazole rings is 1. The SMILES string of the molecule is C=Cc1nc(CCNCC)[nH]c1C=C. The number of nitrogens with one attached hydrogen (secondary N) is 2. The van der Waals surface area contributed by atoms with Crippen molar-refractivity contribution >= 4 is 12.2 Å². The summed E-state index contributed by atoms with van der Waals surface area (Å²) in [5, 5.41) is 3.25. The number of hydrogen-bond acceptors (Lipinski definition) is 2. The van der Waals surface area contributed by atoms with E-state index in [1.54, 1.807) is 12.2 Å². The molecule has 0 aliphatic heterocycles. The van der Waals surface area contributed by atoms with E-state index in [2.05, 4.69) is 35.4 Å². The van der Waals surface area contributed by atoms with Crippen molar-refractivity contribution in [2.75, 3.05) is 13.1 Å². The van der Waals surface area contributed by atoms with E-state index in [0.29, 0.717) is 0 Å². The van der Waals surface area contributed by atoms with E-state index in [4.69, 9.17) is 0 Å². The average Bonchev–Trinajstić information content (AvgIpc) is 2.61. The van der Waals surface area contributed by atoms with Gasteiger partial charge in [-0.05, 0) is 18.7 Å². The minimum Gasteiger partial charge on any atom is -0.342 e. The highest BCUT2D eigenvalue weighted by Crippen LogP contribution is 2.08. The second-order valence-electron chi connectivity index (χ2n) is 2.99. The van der Waals surface area contributed by atoms with Gasteiger partial charge in [0.15, 0.2) is 0 Å². The molecule has 0 saturated carbocycles. The first kappa shape index (κ1) is 10.7. The van der Waals surface area contributed by atoms with Crippen molar-refractivity contribution in [3.05, 3.63) is 30.4 Å². The molecule has 3 nitrogen and oxygen atoms in total. The summed E-state index contributed by atoms with van der Waals surface area (Å²) >= 11 is 0. The fourth-order valence-corrected chi connectivity index (χ4v) is 1.27. The normalized spacial score (nSPS) is 10.1. The molecule has 2 N–H and O–H groups in total. The first-order valence-electron chi connectivity index (χ1n) is 4.86. The quantitative estimate of drug-likeness (QED) is 0.674. The molecule has 0 aliphatic rings. The highest BCUT2D eigenvalue weighted by Gasteiger charge is 2.03. The number of aromatic nitrogens is 2. The third-order valence-electron chi connectivity index (χ3n) is 2.00. The fourth-order valence-electron chi connectivity index (χ4n) is 1.27. The molecule has 1 heterocycles. The highest BCUT2D eigenvalue weighted by molar-refractivity contribution is 5.57. The van der Waals surface area contributed by atoms with E-state index in [-0.39, 0.29) is 0 Å². The highest BCUT2D eigenvalue weighted by atomic mass is 14.9. The van der Waals surface area contributed by atoms with Crippen LogP contribution >= 0.6 is 0 Å². The van der Waals surface area contributed by atoms with Crippen LogP contribution in [0.2, 0.25) is 0 Å². The van der Waals surface area contributed by atoms with Gasteiger partial charge in [0.25, 0.3) is 0 Å². The molecular weight excluding hydrogens is 174 g/mol. The Hall–Kier alpha value is -1.35. The Morgan fingerprint density at radius 2 is 2.21 bits per heavy atom. The minimum absolute atomic E-state index is 0.881. The lowest BCUT2D eigenvalue weighted by molar-refractivity contribution is 0.700. The van der Waals surface area contributed by atoms with Gasteiger partial charge in [0.2, 0.25) is 0 Å². The van der Waals surface area contributed by atoms with Crippen LogP contribution in [-0.4, -0.2) is 23.1 Å². The molecule has 0 fully saturated rings. The number of rotatable bonds is 6. The van der Waals surface area contributed by atoms with Gasteiger partial charge >= 0.3 is 0 Å². The Balaban J connectivity index is 2.64. The molecule has 0 aromatic carbocycles. The summed E-state index contributed by atoms with van der Waals surface area (Å²) in [5.41, 5.74) is 1.83. The second kappa shape index (κ2) is 5.40. The third-order valence-corrected chi connectivity index (χ3v) is 2.00. The molecule has 0 aliphatic carbocycles. The maximum absolute atomic E-state index is 4.39. The molecule has 1 rings (SSSR count). The molecule has 1 aromatic heterocycles. The van der Waals surface area contributed by atoms with Gasteiger partial charge in [-0.3, -0.25) is 0 Å². The Bertz CT molecular complexity index is 287. The van der Waals surface area contributed by atoms with Gasteiger partial charge in [0.1, 0.15) is 5.82 Å². The van der Waals surface area contributed by atoms with Crippen molar-refractivity contribution in [1.29, 1.82) is 0 Å². The van der Waals surface area contributed by atoms with Crippen LogP contribution in [-0.2, 0) is 6.42 Å². The third kappa shape index (κ3) is 2.57. The minimum atomic E-state index is 0.881. The largest absolute Gasteiger partial charge is 0.342 e. The van der Waals surface area contributed by atoms with E-state index in [0.717, 1.165) is 36.7 Å². The average molecular weight is 191 g/mol. The predicted molar refractivity (Wildman–Crippen MR) is 61.0 cm³/mol. The van der Waals surface area contributed by atoms with Crippen LogP contribution in [0.1, 0.15) is 24.1 Å². The van der Waals surface area contributed by atoms with Crippen LogP contribution in [0.15, 0.2) is 13.2 Å². The van der Waals surface area contributed by atoms with Gasteiger partial charge in [0, 0.05) is 13.0 Å². The first-order valence-corrected chi connectivity index (χ1v) is 4.86. The van der Waals surface area contributed by atoms with Crippen molar-refractivity contribution in [1.82, 2.24) is 15.3 Å². The monoisotopic (exact) mass is 191 g/mol. The zero-order chi connectivity index (χ0) is 10.4. The van der Waals surface area contributed by atoms with Gasteiger partial charge in [0.05, 0.1) is 11.4 Å². The van der Waals surface area contributed by atoms with Crippen molar-refractivity contribution in [3.63, 3.8) is 0 Å². The maximum atomic E-state index is 4.39. The van der Waals surface area contributed by atoms with E-state index < -0.39 is 0 Å². The molecule has 1 aromatic rings. The Morgan fingerprint density at radius 3 is 2.71 bits per heavy atom. The lowest BCUT2D eigenvalue weighted by atomic mass is 10.3. The molecule has 3 heteroatoms. The molecule has 0 saturated heterocycles. The summed E-state index contributed by atoms with van der Waals surface area (Å²) in [7, 11) is 0. The van der Waals surface area contributed by atoms with E-state index in [9.17, 15) is 0 Å². The van der Waals surface area contributed by atoms with Gasteiger partial charge in [-0.1, -0.05) is 20.1 Å². The van der Waals surface area contributed by atoms with Crippen molar-refractivity contribution in [2.45, 2.75) is 13.3 Å². The van der Waals surface area contributed by atoms with Crippen molar-refractivity contribution in [3.8, 4) is 0 Å². The van der Waals surface area contributed by atoms with E-state index >= 15 is 0 Å². The summed E-state index contributed by atoms with van der Waals surface area (Å²) in [6.07, 6.45) is 4.41. The van der Waals surface area contributed by atoms with Crippen LogP contribution in [0.4, 0.5) is 0 Å². The Morgan fingerprint density at radius 1 is 1.43 bits per heavy atom. The molecule has 0 unspecified atom stereocenters. The molecule has 0 atom stereocenters. The fraction of sp³-hybridized carbons (Fsp3) is 0.364. The number of likely N-dealkylation sites (N-methyl/N-ethyl adjacent to an activating group) is 1. The molecule has 0 radical (unpaired) electrons. The summed E-state index contributed by atoms with van der Waals surface area (Å²) < 4.78 is 0. The van der Waals surface area contributed by atoms with Crippen LogP contribution in [0.25, 0.3) is 12.2 Å². The van der Waals surface area contributed by atoms with Crippen LogP contribution in [0, 0.1) is 0 Å². The zero-order valence-electron chi connectivity index (χ0n) is 8.64. The lowest BCUT2D eigenvalue weighted by Crippen LogP contribution is -2.16. The van der Waals surface area contributed by atoms with Gasteiger partial charge in [-0.2, -0.15) is 0 Å². The molecular formula is C11H17N3. The molecule has 76 valence electrons. The second-order valence-corrected chi connectivity index (χ2v) is 2.99. The zero-order valence-corrected chi connectivity index (χ0v) is 8.64. The van der Waals surface area contributed by atoms with E-state index in [1.807, 2.05) is 0 Å². The Kier molecular flexibility index (Phi) is 4.13.